The predicted octanol–water partition coefficient (Wildman–Crippen LogP) is 3.94. The number of pyridine rings is 1. The number of nitrogens with two attached hydrogens (primary N) is 1. The summed E-state index contributed by atoms with van der Waals surface area (Å²) in [5.74, 6) is 0.381. The lowest BCUT2D eigenvalue weighted by Crippen LogP contribution is -2.20. The zero-order chi connectivity index (χ0) is 15.2. The van der Waals surface area contributed by atoms with Gasteiger partial charge < -0.3 is 5.73 Å². The fourth-order valence-corrected chi connectivity index (χ4v) is 4.14. The van der Waals surface area contributed by atoms with E-state index in [0.717, 1.165) is 29.0 Å². The lowest BCUT2D eigenvalue weighted by molar-refractivity contribution is 0.100. The van der Waals surface area contributed by atoms with E-state index in [-0.39, 0.29) is 5.91 Å². The summed E-state index contributed by atoms with van der Waals surface area (Å²) >= 11 is 1.41. The van der Waals surface area contributed by atoms with Crippen molar-refractivity contribution >= 4 is 27.5 Å². The van der Waals surface area contributed by atoms with Gasteiger partial charge in [0, 0.05) is 11.1 Å². The maximum absolute atomic E-state index is 11.3. The second-order valence-electron chi connectivity index (χ2n) is 7.10. The van der Waals surface area contributed by atoms with Gasteiger partial charge in [-0.2, -0.15) is 0 Å². The van der Waals surface area contributed by atoms with Gasteiger partial charge in [0.05, 0.1) is 4.88 Å². The van der Waals surface area contributed by atoms with Crippen molar-refractivity contribution in [2.45, 2.75) is 46.5 Å². The molecule has 112 valence electrons. The molecule has 2 aromatic heterocycles. The third-order valence-corrected chi connectivity index (χ3v) is 5.70. The second kappa shape index (κ2) is 5.09. The van der Waals surface area contributed by atoms with Crippen molar-refractivity contribution in [2.24, 2.45) is 17.1 Å². The minimum Gasteiger partial charge on any atom is -0.365 e. The Morgan fingerprint density at radius 3 is 2.67 bits per heavy atom. The van der Waals surface area contributed by atoms with Crippen molar-refractivity contribution in [1.82, 2.24) is 4.98 Å². The van der Waals surface area contributed by atoms with Crippen molar-refractivity contribution in [3.8, 4) is 0 Å². The zero-order valence-electron chi connectivity index (χ0n) is 12.9. The SMILES string of the molecule is CC(C)(C)C1CCc2cc3cc(C(N)=O)sc3nc2CC1. The summed E-state index contributed by atoms with van der Waals surface area (Å²) in [6.07, 6.45) is 4.54. The molecule has 1 amide bonds. The molecule has 21 heavy (non-hydrogen) atoms. The van der Waals surface area contributed by atoms with Crippen LogP contribution in [0.15, 0.2) is 12.1 Å². The standard InChI is InChI=1S/C17H22N2OS/c1-17(2,3)12-5-4-10-8-11-9-14(15(18)20)21-16(11)19-13(10)7-6-12/h8-9,12H,4-7H2,1-3H3,(H2,18,20). The van der Waals surface area contributed by atoms with Gasteiger partial charge in [-0.1, -0.05) is 20.8 Å². The Morgan fingerprint density at radius 1 is 1.29 bits per heavy atom. The number of aromatic nitrogens is 1. The van der Waals surface area contributed by atoms with Crippen LogP contribution < -0.4 is 5.73 Å². The Morgan fingerprint density at radius 2 is 2.00 bits per heavy atom. The van der Waals surface area contributed by atoms with Crippen LogP contribution in [0.5, 0.6) is 0 Å². The number of thiophene rings is 1. The molecule has 0 aromatic carbocycles. The monoisotopic (exact) mass is 302 g/mol. The van der Waals surface area contributed by atoms with Gasteiger partial charge in [0.15, 0.2) is 0 Å². The van der Waals surface area contributed by atoms with Crippen molar-refractivity contribution in [3.63, 3.8) is 0 Å². The summed E-state index contributed by atoms with van der Waals surface area (Å²) < 4.78 is 0. The Kier molecular flexibility index (Phi) is 3.52. The molecular formula is C17H22N2OS. The van der Waals surface area contributed by atoms with Crippen LogP contribution in [0.3, 0.4) is 0 Å². The van der Waals surface area contributed by atoms with Crippen molar-refractivity contribution in [3.05, 3.63) is 28.3 Å². The Hall–Kier alpha value is -1.42. The van der Waals surface area contributed by atoms with Gasteiger partial charge in [-0.15, -0.1) is 11.3 Å². The molecule has 2 N–H and O–H groups in total. The van der Waals surface area contributed by atoms with Crippen molar-refractivity contribution < 1.29 is 4.79 Å². The van der Waals surface area contributed by atoms with Crippen LogP contribution in [0.25, 0.3) is 10.2 Å². The van der Waals surface area contributed by atoms with Gasteiger partial charge in [-0.05, 0) is 54.7 Å². The highest BCUT2D eigenvalue weighted by atomic mass is 32.1. The largest absolute Gasteiger partial charge is 0.365 e. The van der Waals surface area contributed by atoms with Crippen molar-refractivity contribution in [1.29, 1.82) is 0 Å². The van der Waals surface area contributed by atoms with Crippen LogP contribution in [0, 0.1) is 11.3 Å². The first kappa shape index (κ1) is 14.5. The van der Waals surface area contributed by atoms with E-state index in [1.807, 2.05) is 6.07 Å². The summed E-state index contributed by atoms with van der Waals surface area (Å²) in [6.45, 7) is 7.00. The van der Waals surface area contributed by atoms with Crippen LogP contribution in [0.2, 0.25) is 0 Å². The quantitative estimate of drug-likeness (QED) is 0.811. The number of aryl methyl sites for hydroxylation is 2. The van der Waals surface area contributed by atoms with Gasteiger partial charge in [-0.25, -0.2) is 4.98 Å². The molecule has 0 spiro atoms. The first-order chi connectivity index (χ1) is 9.84. The molecule has 2 aromatic rings. The van der Waals surface area contributed by atoms with Crippen LogP contribution in [-0.2, 0) is 12.8 Å². The molecule has 0 aliphatic heterocycles. The maximum Gasteiger partial charge on any atom is 0.258 e. The van der Waals surface area contributed by atoms with E-state index in [9.17, 15) is 4.79 Å². The van der Waals surface area contributed by atoms with Crippen LogP contribution in [0.4, 0.5) is 0 Å². The van der Waals surface area contributed by atoms with Gasteiger partial charge in [-0.3, -0.25) is 4.79 Å². The number of hydrogen-bond donors (Lipinski definition) is 1. The summed E-state index contributed by atoms with van der Waals surface area (Å²) in [4.78, 5) is 17.7. The molecule has 3 nitrogen and oxygen atoms in total. The van der Waals surface area contributed by atoms with Gasteiger partial charge >= 0.3 is 0 Å². The number of hydrogen-bond acceptors (Lipinski definition) is 3. The molecule has 0 bridgehead atoms. The lowest BCUT2D eigenvalue weighted by Gasteiger charge is -2.29. The number of carbonyl (C=O) groups is 1. The molecule has 0 saturated carbocycles. The van der Waals surface area contributed by atoms with E-state index in [0.29, 0.717) is 10.3 Å². The number of rotatable bonds is 1. The predicted molar refractivity (Wildman–Crippen MR) is 87.7 cm³/mol. The minimum atomic E-state index is -0.360. The Balaban J connectivity index is 1.95. The van der Waals surface area contributed by atoms with E-state index in [2.05, 4.69) is 26.8 Å². The number of nitrogens with zero attached hydrogens (tertiary/aromatic N) is 1. The average Bonchev–Trinajstić information content (AvgIpc) is 2.67. The second-order valence-corrected chi connectivity index (χ2v) is 8.13. The van der Waals surface area contributed by atoms with E-state index in [1.54, 1.807) is 0 Å². The molecule has 0 radical (unpaired) electrons. The highest BCUT2D eigenvalue weighted by Gasteiger charge is 2.27. The number of carbonyl (C=O) groups excluding carboxylic acids is 1. The minimum absolute atomic E-state index is 0.360. The molecule has 1 aliphatic carbocycles. The van der Waals surface area contributed by atoms with Crippen molar-refractivity contribution in [2.75, 3.05) is 0 Å². The molecule has 1 unspecified atom stereocenters. The summed E-state index contributed by atoms with van der Waals surface area (Å²) in [5.41, 5.74) is 8.29. The summed E-state index contributed by atoms with van der Waals surface area (Å²) in [5, 5.41) is 1.06. The first-order valence-corrected chi connectivity index (χ1v) is 8.38. The van der Waals surface area contributed by atoms with Gasteiger partial charge in [0.2, 0.25) is 0 Å². The van der Waals surface area contributed by atoms with E-state index in [4.69, 9.17) is 10.7 Å². The Bertz CT molecular complexity index is 652. The van der Waals surface area contributed by atoms with E-state index < -0.39 is 0 Å². The Labute approximate surface area is 129 Å². The highest BCUT2D eigenvalue weighted by molar-refractivity contribution is 7.20. The molecular weight excluding hydrogens is 280 g/mol. The van der Waals surface area contributed by atoms with Crippen LogP contribution >= 0.6 is 11.3 Å². The summed E-state index contributed by atoms with van der Waals surface area (Å²) in [7, 11) is 0. The topological polar surface area (TPSA) is 56.0 Å². The third-order valence-electron chi connectivity index (χ3n) is 4.64. The number of fused-ring (bicyclic) bond motifs is 2. The molecule has 0 fully saturated rings. The van der Waals surface area contributed by atoms with Crippen LogP contribution in [0.1, 0.15) is 54.5 Å². The highest BCUT2D eigenvalue weighted by Crippen LogP contribution is 2.37. The third kappa shape index (κ3) is 2.82. The molecule has 1 atom stereocenters. The molecule has 1 aliphatic rings. The smallest absolute Gasteiger partial charge is 0.258 e. The number of primary amides is 1. The normalized spacial score (nSPS) is 19.3. The fourth-order valence-electron chi connectivity index (χ4n) is 3.26. The fraction of sp³-hybridized carbons (Fsp3) is 0.529. The zero-order valence-corrected chi connectivity index (χ0v) is 13.7. The molecule has 3 rings (SSSR count). The lowest BCUT2D eigenvalue weighted by atomic mass is 9.76. The van der Waals surface area contributed by atoms with Gasteiger partial charge in [0.1, 0.15) is 4.83 Å². The average molecular weight is 302 g/mol. The number of amides is 1. The molecule has 4 heteroatoms. The first-order valence-electron chi connectivity index (χ1n) is 7.57. The molecule has 2 heterocycles. The maximum atomic E-state index is 11.3. The van der Waals surface area contributed by atoms with E-state index in [1.165, 1.54) is 35.4 Å². The van der Waals surface area contributed by atoms with Gasteiger partial charge in [0.25, 0.3) is 5.91 Å². The van der Waals surface area contributed by atoms with E-state index >= 15 is 0 Å². The summed E-state index contributed by atoms with van der Waals surface area (Å²) in [6, 6.07) is 4.09. The van der Waals surface area contributed by atoms with Crippen LogP contribution in [-0.4, -0.2) is 10.9 Å². The molecule has 0 saturated heterocycles.